The molecule has 0 atom stereocenters. The number of halogens is 7. The van der Waals surface area contributed by atoms with E-state index in [9.17, 15) is 40.3 Å². The molecular formula is C21H14F7N3O2. The van der Waals surface area contributed by atoms with E-state index in [1.54, 1.807) is 0 Å². The van der Waals surface area contributed by atoms with E-state index in [0.29, 0.717) is 17.7 Å². The van der Waals surface area contributed by atoms with Gasteiger partial charge in [-0.3, -0.25) is 14.2 Å². The summed E-state index contributed by atoms with van der Waals surface area (Å²) < 4.78 is 91.7. The normalized spacial score (nSPS) is 12.0. The second-order valence-electron chi connectivity index (χ2n) is 6.86. The second-order valence-corrected chi connectivity index (χ2v) is 6.86. The first-order valence-electron chi connectivity index (χ1n) is 9.25. The number of hydrogen-bond acceptors (Lipinski definition) is 3. The molecule has 33 heavy (non-hydrogen) atoms. The van der Waals surface area contributed by atoms with Crippen molar-refractivity contribution >= 4 is 5.91 Å². The van der Waals surface area contributed by atoms with Crippen LogP contribution >= 0.6 is 0 Å². The lowest BCUT2D eigenvalue weighted by atomic mass is 10.0. The number of hydrogen-bond donors (Lipinski definition) is 1. The SMILES string of the molecule is O=C(NCCn1cnc(-c2ccc(F)cc2)cc1=O)c1cc(C(F)(F)F)cc(C(F)(F)F)c1. The van der Waals surface area contributed by atoms with Crippen LogP contribution in [0.2, 0.25) is 0 Å². The Balaban J connectivity index is 1.71. The zero-order chi connectivity index (χ0) is 24.4. The van der Waals surface area contributed by atoms with Crippen LogP contribution in [0.5, 0.6) is 0 Å². The fraction of sp³-hybridized carbons (Fsp3) is 0.190. The highest BCUT2D eigenvalue weighted by Gasteiger charge is 2.37. The molecule has 1 N–H and O–H groups in total. The largest absolute Gasteiger partial charge is 0.416 e. The average Bonchev–Trinajstić information content (AvgIpc) is 2.73. The molecule has 0 radical (unpaired) electrons. The molecule has 0 saturated heterocycles. The third-order valence-corrected chi connectivity index (χ3v) is 4.51. The zero-order valence-electron chi connectivity index (χ0n) is 16.5. The molecule has 1 amide bonds. The van der Waals surface area contributed by atoms with Crippen molar-refractivity contribution in [1.82, 2.24) is 14.9 Å². The Hall–Kier alpha value is -3.70. The molecule has 0 spiro atoms. The number of nitrogens with zero attached hydrogens (tertiary/aromatic N) is 2. The minimum Gasteiger partial charge on any atom is -0.350 e. The molecule has 1 heterocycles. The third-order valence-electron chi connectivity index (χ3n) is 4.51. The minimum absolute atomic E-state index is 0.0787. The highest BCUT2D eigenvalue weighted by atomic mass is 19.4. The Morgan fingerprint density at radius 1 is 0.909 bits per heavy atom. The topological polar surface area (TPSA) is 64.0 Å². The van der Waals surface area contributed by atoms with Gasteiger partial charge in [0.25, 0.3) is 11.5 Å². The summed E-state index contributed by atoms with van der Waals surface area (Å²) in [6.45, 7) is -0.416. The molecule has 0 aliphatic heterocycles. The van der Waals surface area contributed by atoms with E-state index in [1.165, 1.54) is 24.3 Å². The van der Waals surface area contributed by atoms with Gasteiger partial charge >= 0.3 is 12.4 Å². The van der Waals surface area contributed by atoms with Crippen molar-refractivity contribution < 1.29 is 35.5 Å². The van der Waals surface area contributed by atoms with Crippen molar-refractivity contribution in [2.75, 3.05) is 6.54 Å². The quantitative estimate of drug-likeness (QED) is 0.555. The Morgan fingerprint density at radius 2 is 1.48 bits per heavy atom. The summed E-state index contributed by atoms with van der Waals surface area (Å²) in [6.07, 6.45) is -9.01. The zero-order valence-corrected chi connectivity index (χ0v) is 16.5. The number of carbonyl (C=O) groups is 1. The van der Waals surface area contributed by atoms with Crippen LogP contribution in [0, 0.1) is 5.82 Å². The fourth-order valence-corrected chi connectivity index (χ4v) is 2.85. The monoisotopic (exact) mass is 473 g/mol. The van der Waals surface area contributed by atoms with Gasteiger partial charge in [0.1, 0.15) is 5.82 Å². The van der Waals surface area contributed by atoms with Crippen LogP contribution in [0.3, 0.4) is 0 Å². The molecule has 0 bridgehead atoms. The molecule has 0 aliphatic carbocycles. The van der Waals surface area contributed by atoms with Gasteiger partial charge in [0.2, 0.25) is 0 Å². The van der Waals surface area contributed by atoms with E-state index < -0.39 is 46.3 Å². The third kappa shape index (κ3) is 5.96. The molecular weight excluding hydrogens is 459 g/mol. The standard InChI is InChI=1S/C21H14F7N3O2/c22-16-3-1-12(2-4-16)17-10-18(32)31(11-30-17)6-5-29-19(33)13-7-14(20(23,24)25)9-15(8-13)21(26,27)28/h1-4,7-11H,5-6H2,(H,29,33). The molecule has 174 valence electrons. The summed E-state index contributed by atoms with van der Waals surface area (Å²) in [5, 5.41) is 2.18. The van der Waals surface area contributed by atoms with Gasteiger partial charge in [0.05, 0.1) is 23.1 Å². The lowest BCUT2D eigenvalue weighted by molar-refractivity contribution is -0.143. The average molecular weight is 473 g/mol. The van der Waals surface area contributed by atoms with Crippen molar-refractivity contribution in [3.8, 4) is 11.3 Å². The summed E-state index contributed by atoms with van der Waals surface area (Å²) in [5.74, 6) is -1.64. The Labute approximate surface area is 181 Å². The van der Waals surface area contributed by atoms with E-state index in [-0.39, 0.29) is 24.8 Å². The van der Waals surface area contributed by atoms with Gasteiger partial charge in [-0.1, -0.05) is 0 Å². The minimum atomic E-state index is -5.08. The Kier molecular flexibility index (Phi) is 6.56. The van der Waals surface area contributed by atoms with Crippen molar-refractivity contribution in [3.63, 3.8) is 0 Å². The number of rotatable bonds is 5. The molecule has 1 aromatic heterocycles. The summed E-state index contributed by atoms with van der Waals surface area (Å²) >= 11 is 0. The fourth-order valence-electron chi connectivity index (χ4n) is 2.85. The van der Waals surface area contributed by atoms with Crippen molar-refractivity contribution in [1.29, 1.82) is 0 Å². The van der Waals surface area contributed by atoms with Gasteiger partial charge < -0.3 is 5.32 Å². The molecule has 12 heteroatoms. The van der Waals surface area contributed by atoms with Crippen LogP contribution in [0.15, 0.2) is 59.7 Å². The lowest BCUT2D eigenvalue weighted by Gasteiger charge is -2.14. The van der Waals surface area contributed by atoms with Gasteiger partial charge in [-0.2, -0.15) is 26.3 Å². The molecule has 3 aromatic rings. The summed E-state index contributed by atoms with van der Waals surface area (Å²) in [6, 6.07) is 6.94. The van der Waals surface area contributed by atoms with Gasteiger partial charge in [-0.25, -0.2) is 9.37 Å². The van der Waals surface area contributed by atoms with E-state index in [1.807, 2.05) is 0 Å². The molecule has 3 rings (SSSR count). The summed E-state index contributed by atoms with van der Waals surface area (Å²) in [7, 11) is 0. The molecule has 0 unspecified atom stereocenters. The first-order valence-corrected chi connectivity index (χ1v) is 9.25. The number of nitrogens with one attached hydrogen (secondary N) is 1. The van der Waals surface area contributed by atoms with Gasteiger partial charge in [0, 0.05) is 30.3 Å². The molecule has 5 nitrogen and oxygen atoms in total. The first kappa shape index (κ1) is 24.0. The number of carbonyl (C=O) groups excluding carboxylic acids is 1. The molecule has 0 saturated carbocycles. The van der Waals surface area contributed by atoms with E-state index >= 15 is 0 Å². The maximum Gasteiger partial charge on any atom is 0.416 e. The van der Waals surface area contributed by atoms with Crippen LogP contribution in [-0.2, 0) is 18.9 Å². The summed E-state index contributed by atoms with van der Waals surface area (Å²) in [5.41, 5.74) is -3.83. The van der Waals surface area contributed by atoms with Gasteiger partial charge in [-0.05, 0) is 42.5 Å². The maximum absolute atomic E-state index is 13.0. The van der Waals surface area contributed by atoms with Crippen LogP contribution < -0.4 is 10.9 Å². The van der Waals surface area contributed by atoms with Gasteiger partial charge in [-0.15, -0.1) is 0 Å². The Morgan fingerprint density at radius 3 is 2.00 bits per heavy atom. The van der Waals surface area contributed by atoms with Crippen molar-refractivity contribution in [3.05, 3.63) is 87.7 Å². The number of benzene rings is 2. The second kappa shape index (κ2) is 9.04. The van der Waals surface area contributed by atoms with Crippen LogP contribution in [0.25, 0.3) is 11.3 Å². The smallest absolute Gasteiger partial charge is 0.350 e. The highest BCUT2D eigenvalue weighted by Crippen LogP contribution is 2.36. The maximum atomic E-state index is 13.0. The van der Waals surface area contributed by atoms with Crippen LogP contribution in [-0.4, -0.2) is 22.0 Å². The molecule has 0 aliphatic rings. The van der Waals surface area contributed by atoms with E-state index in [0.717, 1.165) is 17.0 Å². The van der Waals surface area contributed by atoms with Crippen molar-refractivity contribution in [2.24, 2.45) is 0 Å². The Bertz CT molecular complexity index is 1180. The molecule has 2 aromatic carbocycles. The predicted molar refractivity (Wildman–Crippen MR) is 103 cm³/mol. The summed E-state index contributed by atoms with van der Waals surface area (Å²) in [4.78, 5) is 28.4. The number of amides is 1. The lowest BCUT2D eigenvalue weighted by Crippen LogP contribution is -2.31. The van der Waals surface area contributed by atoms with Gasteiger partial charge in [0.15, 0.2) is 0 Å². The van der Waals surface area contributed by atoms with Crippen LogP contribution in [0.4, 0.5) is 30.7 Å². The number of alkyl halides is 6. The van der Waals surface area contributed by atoms with E-state index in [2.05, 4.69) is 10.3 Å². The van der Waals surface area contributed by atoms with Crippen LogP contribution in [0.1, 0.15) is 21.5 Å². The number of aromatic nitrogens is 2. The van der Waals surface area contributed by atoms with E-state index in [4.69, 9.17) is 0 Å². The predicted octanol–water partition coefficient (Wildman–Crippen LogP) is 4.52. The van der Waals surface area contributed by atoms with Crippen molar-refractivity contribution in [2.45, 2.75) is 18.9 Å². The molecule has 0 fully saturated rings. The highest BCUT2D eigenvalue weighted by molar-refractivity contribution is 5.94. The first-order chi connectivity index (χ1) is 15.3.